The Kier molecular flexibility index (Phi) is 4.62. The molecule has 1 aromatic heterocycles. The zero-order chi connectivity index (χ0) is 15.5. The Morgan fingerprint density at radius 2 is 1.81 bits per heavy atom. The summed E-state index contributed by atoms with van der Waals surface area (Å²) in [6.45, 7) is 1.68. The second kappa shape index (κ2) is 6.26. The first kappa shape index (κ1) is 15.5. The van der Waals surface area contributed by atoms with Crippen LogP contribution in [-0.4, -0.2) is 16.2 Å². The molecule has 1 aromatic carbocycles. The third kappa shape index (κ3) is 4.86. The summed E-state index contributed by atoms with van der Waals surface area (Å²) in [5.41, 5.74) is -2.78. The number of aromatic nitrogens is 1. The predicted molar refractivity (Wildman–Crippen MR) is 74.4 cm³/mol. The van der Waals surface area contributed by atoms with Crippen molar-refractivity contribution in [2.45, 2.75) is 17.3 Å². The summed E-state index contributed by atoms with van der Waals surface area (Å²) in [5.74, 6) is -0.473. The molecule has 0 aliphatic heterocycles. The van der Waals surface area contributed by atoms with Crippen molar-refractivity contribution < 1.29 is 17.6 Å². The Balaban J connectivity index is 2.17. The van der Waals surface area contributed by atoms with E-state index in [9.17, 15) is 17.6 Å². The molecule has 2 rings (SSSR count). The Morgan fingerprint density at radius 3 is 2.38 bits per heavy atom. The average molecular weight is 314 g/mol. The second-order valence-electron chi connectivity index (χ2n) is 4.13. The Labute approximate surface area is 122 Å². The van der Waals surface area contributed by atoms with Gasteiger partial charge in [0.15, 0.2) is 0 Å². The molecule has 21 heavy (non-hydrogen) atoms. The highest BCUT2D eigenvalue weighted by molar-refractivity contribution is 8.00. The number of rotatable bonds is 3. The highest BCUT2D eigenvalue weighted by atomic mass is 32.2. The fourth-order valence-electron chi connectivity index (χ4n) is 1.59. The number of nitrogens with zero attached hydrogens (tertiary/aromatic N) is 2. The minimum Gasteiger partial charge on any atom is -0.261 e. The van der Waals surface area contributed by atoms with Gasteiger partial charge in [-0.1, -0.05) is 0 Å². The van der Waals surface area contributed by atoms with Crippen molar-refractivity contribution in [2.75, 3.05) is 0 Å². The average Bonchev–Trinajstić information content (AvgIpc) is 2.39. The molecule has 0 aliphatic carbocycles. The lowest BCUT2D eigenvalue weighted by atomic mass is 10.2. The summed E-state index contributed by atoms with van der Waals surface area (Å²) < 4.78 is 49.7. The lowest BCUT2D eigenvalue weighted by Crippen LogP contribution is -1.98. The summed E-state index contributed by atoms with van der Waals surface area (Å²) in [4.78, 5) is 8.03. The molecule has 0 spiro atoms. The summed E-state index contributed by atoms with van der Waals surface area (Å²) in [6, 6.07) is 6.93. The molecule has 0 bridgehead atoms. The van der Waals surface area contributed by atoms with E-state index in [1.165, 1.54) is 36.5 Å². The molecule has 2 nitrogen and oxygen atoms in total. The van der Waals surface area contributed by atoms with Gasteiger partial charge in [-0.2, -0.15) is 13.2 Å². The molecule has 0 atom stereocenters. The second-order valence-corrected chi connectivity index (χ2v) is 5.27. The molecular formula is C14H10F4N2S. The topological polar surface area (TPSA) is 25.2 Å². The van der Waals surface area contributed by atoms with Gasteiger partial charge in [0.25, 0.3) is 0 Å². The minimum atomic E-state index is -4.31. The first-order valence-electron chi connectivity index (χ1n) is 5.85. The molecule has 0 amide bonds. The van der Waals surface area contributed by atoms with Crippen molar-refractivity contribution in [1.29, 1.82) is 0 Å². The summed E-state index contributed by atoms with van der Waals surface area (Å²) in [6.07, 6.45) is 2.55. The zero-order valence-electron chi connectivity index (χ0n) is 10.9. The molecule has 0 aliphatic rings. The largest absolute Gasteiger partial charge is 0.446 e. The van der Waals surface area contributed by atoms with Gasteiger partial charge in [-0.25, -0.2) is 4.39 Å². The molecular weight excluding hydrogens is 304 g/mol. The van der Waals surface area contributed by atoms with Crippen molar-refractivity contribution in [3.8, 4) is 0 Å². The van der Waals surface area contributed by atoms with Crippen LogP contribution in [0.4, 0.5) is 23.2 Å². The Morgan fingerprint density at radius 1 is 1.14 bits per heavy atom. The van der Waals surface area contributed by atoms with E-state index >= 15 is 0 Å². The van der Waals surface area contributed by atoms with Crippen molar-refractivity contribution in [1.82, 2.24) is 4.98 Å². The van der Waals surface area contributed by atoms with Gasteiger partial charge in [-0.15, -0.1) is 0 Å². The van der Waals surface area contributed by atoms with Crippen LogP contribution in [0.25, 0.3) is 0 Å². The van der Waals surface area contributed by atoms with Crippen molar-refractivity contribution in [3.05, 3.63) is 54.1 Å². The van der Waals surface area contributed by atoms with Crippen molar-refractivity contribution >= 4 is 23.2 Å². The number of thioether (sulfide) groups is 1. The number of benzene rings is 1. The van der Waals surface area contributed by atoms with Crippen LogP contribution in [0.5, 0.6) is 0 Å². The van der Waals surface area contributed by atoms with Crippen LogP contribution < -0.4 is 0 Å². The molecule has 0 saturated carbocycles. The van der Waals surface area contributed by atoms with Gasteiger partial charge in [0, 0.05) is 22.4 Å². The maximum atomic E-state index is 13.0. The summed E-state index contributed by atoms with van der Waals surface area (Å²) in [7, 11) is 0. The molecule has 0 saturated heterocycles. The number of pyridine rings is 1. The highest BCUT2D eigenvalue weighted by Gasteiger charge is 2.28. The third-order valence-corrected chi connectivity index (χ3v) is 3.23. The number of hydrogen-bond acceptors (Lipinski definition) is 3. The highest BCUT2D eigenvalue weighted by Crippen LogP contribution is 2.37. The predicted octanol–water partition coefficient (Wildman–Crippen LogP) is 4.97. The first-order valence-corrected chi connectivity index (χ1v) is 6.67. The molecule has 0 radical (unpaired) electrons. The molecule has 2 aromatic rings. The van der Waals surface area contributed by atoms with Gasteiger partial charge in [-0.05, 0) is 49.0 Å². The smallest absolute Gasteiger partial charge is 0.261 e. The van der Waals surface area contributed by atoms with Gasteiger partial charge >= 0.3 is 5.51 Å². The maximum absolute atomic E-state index is 13.0. The quantitative estimate of drug-likeness (QED) is 0.454. The van der Waals surface area contributed by atoms with Crippen LogP contribution in [0.15, 0.2) is 52.6 Å². The van der Waals surface area contributed by atoms with E-state index < -0.39 is 11.3 Å². The van der Waals surface area contributed by atoms with Crippen LogP contribution >= 0.6 is 11.8 Å². The van der Waals surface area contributed by atoms with Gasteiger partial charge in [0.1, 0.15) is 5.82 Å². The molecule has 0 N–H and O–H groups in total. The van der Waals surface area contributed by atoms with E-state index in [0.29, 0.717) is 17.0 Å². The van der Waals surface area contributed by atoms with Gasteiger partial charge in [0.05, 0.1) is 11.9 Å². The van der Waals surface area contributed by atoms with E-state index in [2.05, 4.69) is 9.98 Å². The summed E-state index contributed by atoms with van der Waals surface area (Å²) >= 11 is -0.181. The van der Waals surface area contributed by atoms with Crippen molar-refractivity contribution in [3.63, 3.8) is 0 Å². The van der Waals surface area contributed by atoms with E-state index in [1.54, 1.807) is 6.92 Å². The third-order valence-electron chi connectivity index (χ3n) is 2.49. The van der Waals surface area contributed by atoms with E-state index in [1.807, 2.05) is 0 Å². The van der Waals surface area contributed by atoms with Crippen LogP contribution in [0.1, 0.15) is 12.5 Å². The lowest BCUT2D eigenvalue weighted by molar-refractivity contribution is -0.0328. The van der Waals surface area contributed by atoms with E-state index in [4.69, 9.17) is 0 Å². The standard InChI is InChI=1S/C14H10F4N2S/c1-9(10-6-11(15)8-19-7-10)20-12-2-4-13(5-3-12)21-14(16,17)18/h2-8H,1H3/b20-9+. The Hall–Kier alpha value is -1.89. The fraction of sp³-hybridized carbons (Fsp3) is 0.143. The number of aliphatic imine (C=N–C) groups is 1. The molecule has 110 valence electrons. The number of halogens is 4. The maximum Gasteiger partial charge on any atom is 0.446 e. The molecule has 0 fully saturated rings. The fourth-order valence-corrected chi connectivity index (χ4v) is 2.13. The Bertz CT molecular complexity index is 651. The zero-order valence-corrected chi connectivity index (χ0v) is 11.7. The molecule has 0 unspecified atom stereocenters. The molecule has 7 heteroatoms. The summed E-state index contributed by atoms with van der Waals surface area (Å²) in [5, 5.41) is 0. The number of hydrogen-bond donors (Lipinski definition) is 0. The van der Waals surface area contributed by atoms with Crippen molar-refractivity contribution in [2.24, 2.45) is 4.99 Å². The van der Waals surface area contributed by atoms with Gasteiger partial charge in [-0.3, -0.25) is 9.98 Å². The van der Waals surface area contributed by atoms with E-state index in [0.717, 1.165) is 6.20 Å². The van der Waals surface area contributed by atoms with Gasteiger partial charge < -0.3 is 0 Å². The van der Waals surface area contributed by atoms with Crippen LogP contribution in [0, 0.1) is 5.82 Å². The molecule has 1 heterocycles. The van der Waals surface area contributed by atoms with Crippen LogP contribution in [0.2, 0.25) is 0 Å². The SMILES string of the molecule is C/C(=N\c1ccc(SC(F)(F)F)cc1)c1cncc(F)c1. The lowest BCUT2D eigenvalue weighted by Gasteiger charge is -2.05. The monoisotopic (exact) mass is 314 g/mol. The van der Waals surface area contributed by atoms with Crippen LogP contribution in [0.3, 0.4) is 0 Å². The number of alkyl halides is 3. The van der Waals surface area contributed by atoms with E-state index in [-0.39, 0.29) is 16.7 Å². The first-order chi connectivity index (χ1) is 9.83. The van der Waals surface area contributed by atoms with Gasteiger partial charge in [0.2, 0.25) is 0 Å². The van der Waals surface area contributed by atoms with Crippen LogP contribution in [-0.2, 0) is 0 Å². The normalized spacial score (nSPS) is 12.5. The minimum absolute atomic E-state index is 0.0894.